The summed E-state index contributed by atoms with van der Waals surface area (Å²) in [6.07, 6.45) is 5.03. The van der Waals surface area contributed by atoms with Crippen LogP contribution in [0, 0.1) is 5.92 Å². The highest BCUT2D eigenvalue weighted by atomic mass is 16.5. The van der Waals surface area contributed by atoms with Gasteiger partial charge in [-0.3, -0.25) is 9.59 Å². The summed E-state index contributed by atoms with van der Waals surface area (Å²) >= 11 is 0. The molecule has 6 heteroatoms. The lowest BCUT2D eigenvalue weighted by Gasteiger charge is -2.34. The minimum absolute atomic E-state index is 0.0497. The molecule has 0 radical (unpaired) electrons. The molecule has 2 aromatic carbocycles. The smallest absolute Gasteiger partial charge is 0.254 e. The van der Waals surface area contributed by atoms with Crippen LogP contribution in [0.4, 0.5) is 0 Å². The van der Waals surface area contributed by atoms with Gasteiger partial charge in [-0.1, -0.05) is 43.2 Å². The van der Waals surface area contributed by atoms with Gasteiger partial charge in [-0.15, -0.1) is 0 Å². The first-order valence-corrected chi connectivity index (χ1v) is 11.8. The zero-order valence-corrected chi connectivity index (χ0v) is 19.1. The zero-order chi connectivity index (χ0) is 22.9. The van der Waals surface area contributed by atoms with Gasteiger partial charge >= 0.3 is 0 Å². The third-order valence-electron chi connectivity index (χ3n) is 7.18. The van der Waals surface area contributed by atoms with Crippen LogP contribution in [0.25, 0.3) is 11.0 Å². The van der Waals surface area contributed by atoms with Gasteiger partial charge in [0.1, 0.15) is 11.8 Å². The molecule has 4 unspecified atom stereocenters. The van der Waals surface area contributed by atoms with Gasteiger partial charge in [0.05, 0.1) is 13.2 Å². The molecule has 1 saturated carbocycles. The number of hydrogen-bond donors (Lipinski definition) is 1. The van der Waals surface area contributed by atoms with Gasteiger partial charge in [0, 0.05) is 17.0 Å². The number of para-hydroxylation sites is 1. The number of likely N-dealkylation sites (tertiary alicyclic amines) is 1. The highest BCUT2D eigenvalue weighted by Gasteiger charge is 2.47. The van der Waals surface area contributed by atoms with Crippen LogP contribution in [0.3, 0.4) is 0 Å². The fourth-order valence-electron chi connectivity index (χ4n) is 5.53. The normalized spacial score (nSPS) is 23.2. The molecule has 1 aliphatic heterocycles. The summed E-state index contributed by atoms with van der Waals surface area (Å²) in [5, 5.41) is 4.04. The lowest BCUT2D eigenvalue weighted by atomic mass is 9.84. The molecule has 2 heterocycles. The van der Waals surface area contributed by atoms with E-state index in [0.717, 1.165) is 31.1 Å². The molecule has 2 aliphatic rings. The Balaban J connectivity index is 1.38. The van der Waals surface area contributed by atoms with Gasteiger partial charge in [-0.05, 0) is 56.4 Å². The molecule has 172 valence electrons. The summed E-state index contributed by atoms with van der Waals surface area (Å²) in [4.78, 5) is 28.8. The molecule has 0 bridgehead atoms. The highest BCUT2D eigenvalue weighted by Crippen LogP contribution is 2.41. The molecule has 1 aromatic heterocycles. The number of fused-ring (bicyclic) bond motifs is 2. The molecule has 0 spiro atoms. The third kappa shape index (κ3) is 3.99. The van der Waals surface area contributed by atoms with Crippen LogP contribution in [0.15, 0.2) is 59.0 Å². The number of benzene rings is 2. The second-order valence-corrected chi connectivity index (χ2v) is 9.20. The summed E-state index contributed by atoms with van der Waals surface area (Å²) < 4.78 is 11.4. The summed E-state index contributed by atoms with van der Waals surface area (Å²) in [5.41, 5.74) is 1.31. The average molecular weight is 447 g/mol. The Kier molecular flexibility index (Phi) is 5.83. The Morgan fingerprint density at radius 2 is 1.88 bits per heavy atom. The van der Waals surface area contributed by atoms with E-state index in [2.05, 4.69) is 5.32 Å². The monoisotopic (exact) mass is 446 g/mol. The number of nitrogens with zero attached hydrogens (tertiary/aromatic N) is 1. The molecular formula is C27H30N2O4. The fraction of sp³-hybridized carbons (Fsp3) is 0.407. The van der Waals surface area contributed by atoms with Gasteiger partial charge in [-0.2, -0.15) is 0 Å². The van der Waals surface area contributed by atoms with Crippen molar-refractivity contribution in [2.45, 2.75) is 57.2 Å². The summed E-state index contributed by atoms with van der Waals surface area (Å²) in [5.74, 6) is 1.55. The van der Waals surface area contributed by atoms with E-state index in [0.29, 0.717) is 28.6 Å². The standard InChI is InChI=1S/C27H30N2O4/c1-17(24-16-20-12-8-14-23(32-2)25(20)33-24)28-26(30)22-15-19-11-6-7-13-21(19)29(22)27(31)18-9-4-3-5-10-18/h3-5,8-10,12,14,16-17,19,21-22H,6-7,11,13,15H2,1-2H3,(H,28,30). The van der Waals surface area contributed by atoms with Crippen molar-refractivity contribution >= 4 is 22.8 Å². The van der Waals surface area contributed by atoms with E-state index in [9.17, 15) is 9.59 Å². The fourth-order valence-corrected chi connectivity index (χ4v) is 5.53. The molecule has 4 atom stereocenters. The maximum atomic E-state index is 13.5. The number of amides is 2. The number of hydrogen-bond acceptors (Lipinski definition) is 4. The molecular weight excluding hydrogens is 416 g/mol. The van der Waals surface area contributed by atoms with Crippen LogP contribution in [0.5, 0.6) is 5.75 Å². The molecule has 1 saturated heterocycles. The van der Waals surface area contributed by atoms with Crippen LogP contribution in [-0.4, -0.2) is 35.9 Å². The van der Waals surface area contributed by atoms with Crippen molar-refractivity contribution in [1.29, 1.82) is 0 Å². The topological polar surface area (TPSA) is 71.8 Å². The summed E-state index contributed by atoms with van der Waals surface area (Å²) in [7, 11) is 1.61. The number of rotatable bonds is 5. The Labute approximate surface area is 193 Å². The van der Waals surface area contributed by atoms with Gasteiger partial charge in [-0.25, -0.2) is 0 Å². The highest BCUT2D eigenvalue weighted by molar-refractivity contribution is 5.98. The number of carbonyl (C=O) groups excluding carboxylic acids is 2. The van der Waals surface area contributed by atoms with Gasteiger partial charge in [0.15, 0.2) is 11.3 Å². The first-order chi connectivity index (χ1) is 16.1. The number of carbonyl (C=O) groups is 2. The van der Waals surface area contributed by atoms with Crippen molar-refractivity contribution < 1.29 is 18.7 Å². The third-order valence-corrected chi connectivity index (χ3v) is 7.18. The van der Waals surface area contributed by atoms with Crippen LogP contribution >= 0.6 is 0 Å². The number of ether oxygens (including phenoxy) is 1. The van der Waals surface area contributed by atoms with Gasteiger partial charge in [0.2, 0.25) is 5.91 Å². The van der Waals surface area contributed by atoms with Crippen LogP contribution < -0.4 is 10.1 Å². The van der Waals surface area contributed by atoms with Crippen LogP contribution in [0.1, 0.15) is 61.2 Å². The minimum atomic E-state index is -0.466. The van der Waals surface area contributed by atoms with Gasteiger partial charge in [0.25, 0.3) is 5.91 Å². The molecule has 33 heavy (non-hydrogen) atoms. The predicted octanol–water partition coefficient (Wildman–Crippen LogP) is 5.09. The molecule has 2 fully saturated rings. The van der Waals surface area contributed by atoms with E-state index in [4.69, 9.17) is 9.15 Å². The maximum Gasteiger partial charge on any atom is 0.254 e. The van der Waals surface area contributed by atoms with Crippen molar-refractivity contribution in [2.75, 3.05) is 7.11 Å². The van der Waals surface area contributed by atoms with E-state index in [1.807, 2.05) is 66.4 Å². The predicted molar refractivity (Wildman–Crippen MR) is 126 cm³/mol. The first-order valence-electron chi connectivity index (χ1n) is 11.8. The van der Waals surface area contributed by atoms with Crippen molar-refractivity contribution in [3.63, 3.8) is 0 Å². The molecule has 5 rings (SSSR count). The Morgan fingerprint density at radius 3 is 2.67 bits per heavy atom. The SMILES string of the molecule is COc1cccc2cc(C(C)NC(=O)C3CC4CCCCC4N3C(=O)c3ccccc3)oc12. The molecule has 2 amide bonds. The Hall–Kier alpha value is -3.28. The molecule has 3 aromatic rings. The van der Waals surface area contributed by atoms with E-state index < -0.39 is 6.04 Å². The summed E-state index contributed by atoms with van der Waals surface area (Å²) in [6.45, 7) is 1.91. The molecule has 6 nitrogen and oxygen atoms in total. The lowest BCUT2D eigenvalue weighted by Crippen LogP contribution is -2.49. The van der Waals surface area contributed by atoms with Crippen molar-refractivity contribution in [3.05, 3.63) is 65.9 Å². The van der Waals surface area contributed by atoms with E-state index >= 15 is 0 Å². The largest absolute Gasteiger partial charge is 0.493 e. The molecule has 1 aliphatic carbocycles. The maximum absolute atomic E-state index is 13.5. The van der Waals surface area contributed by atoms with Crippen molar-refractivity contribution in [1.82, 2.24) is 10.2 Å². The number of furan rings is 1. The number of methoxy groups -OCH3 is 1. The molecule has 1 N–H and O–H groups in total. The quantitative estimate of drug-likeness (QED) is 0.592. The summed E-state index contributed by atoms with van der Waals surface area (Å²) in [6, 6.07) is 16.3. The Morgan fingerprint density at radius 1 is 1.09 bits per heavy atom. The average Bonchev–Trinajstić information content (AvgIpc) is 3.46. The zero-order valence-electron chi connectivity index (χ0n) is 19.1. The number of nitrogens with one attached hydrogen (secondary N) is 1. The first kappa shape index (κ1) is 21.6. The second-order valence-electron chi connectivity index (χ2n) is 9.20. The van der Waals surface area contributed by atoms with E-state index in [-0.39, 0.29) is 23.9 Å². The van der Waals surface area contributed by atoms with E-state index in [1.54, 1.807) is 7.11 Å². The minimum Gasteiger partial charge on any atom is -0.493 e. The van der Waals surface area contributed by atoms with E-state index in [1.165, 1.54) is 6.42 Å². The van der Waals surface area contributed by atoms with Crippen LogP contribution in [0.2, 0.25) is 0 Å². The van der Waals surface area contributed by atoms with Crippen molar-refractivity contribution in [2.24, 2.45) is 5.92 Å². The second kappa shape index (κ2) is 8.93. The lowest BCUT2D eigenvalue weighted by molar-refractivity contribution is -0.126. The van der Waals surface area contributed by atoms with Gasteiger partial charge < -0.3 is 19.4 Å². The van der Waals surface area contributed by atoms with Crippen molar-refractivity contribution in [3.8, 4) is 5.75 Å². The Bertz CT molecular complexity index is 1160. The van der Waals surface area contributed by atoms with Crippen LogP contribution in [-0.2, 0) is 4.79 Å².